The van der Waals surface area contributed by atoms with E-state index in [-0.39, 0.29) is 12.3 Å². The molecular formula is C9H19O5P. The standard InChI is InChI=1S/C9H19O5P/c1-6(2)5-9(7(3)4,8(10)11)15(12,13)14/h6-7H,5H2,1-4H3,(H,10,11)(H2,12,13,14). The van der Waals surface area contributed by atoms with Crippen molar-refractivity contribution in [2.45, 2.75) is 39.3 Å². The van der Waals surface area contributed by atoms with Gasteiger partial charge >= 0.3 is 13.6 Å². The van der Waals surface area contributed by atoms with Gasteiger partial charge in [-0.15, -0.1) is 0 Å². The Hall–Kier alpha value is -0.380. The Morgan fingerprint density at radius 2 is 1.67 bits per heavy atom. The molecule has 0 aromatic rings. The topological polar surface area (TPSA) is 94.8 Å². The summed E-state index contributed by atoms with van der Waals surface area (Å²) in [5.74, 6) is -2.12. The van der Waals surface area contributed by atoms with Crippen LogP contribution in [-0.2, 0) is 9.36 Å². The average Bonchev–Trinajstić information content (AvgIpc) is 1.95. The van der Waals surface area contributed by atoms with Crippen LogP contribution in [0.4, 0.5) is 0 Å². The first-order valence-electron chi connectivity index (χ1n) is 4.84. The first-order valence-corrected chi connectivity index (χ1v) is 6.46. The lowest BCUT2D eigenvalue weighted by Gasteiger charge is -2.34. The minimum Gasteiger partial charge on any atom is -0.480 e. The largest absolute Gasteiger partial charge is 0.480 e. The van der Waals surface area contributed by atoms with Crippen molar-refractivity contribution in [3.05, 3.63) is 0 Å². The smallest absolute Gasteiger partial charge is 0.343 e. The van der Waals surface area contributed by atoms with Gasteiger partial charge in [-0.1, -0.05) is 27.7 Å². The third kappa shape index (κ3) is 2.80. The molecule has 6 heteroatoms. The molecule has 0 bridgehead atoms. The van der Waals surface area contributed by atoms with Crippen molar-refractivity contribution in [3.8, 4) is 0 Å². The van der Waals surface area contributed by atoms with Crippen molar-refractivity contribution in [2.24, 2.45) is 11.8 Å². The minimum atomic E-state index is -4.67. The lowest BCUT2D eigenvalue weighted by Crippen LogP contribution is -2.44. The highest BCUT2D eigenvalue weighted by Gasteiger charge is 2.56. The SMILES string of the molecule is CC(C)CC(C(=O)O)(C(C)C)P(=O)(O)O. The number of hydrogen-bond acceptors (Lipinski definition) is 2. The molecule has 15 heavy (non-hydrogen) atoms. The number of carboxylic acids is 1. The van der Waals surface area contributed by atoms with Crippen molar-refractivity contribution in [1.29, 1.82) is 0 Å². The second-order valence-electron chi connectivity index (χ2n) is 4.53. The van der Waals surface area contributed by atoms with E-state index in [9.17, 15) is 19.1 Å². The van der Waals surface area contributed by atoms with Crippen molar-refractivity contribution in [2.75, 3.05) is 0 Å². The monoisotopic (exact) mass is 238 g/mol. The van der Waals surface area contributed by atoms with Gasteiger partial charge in [0.05, 0.1) is 0 Å². The van der Waals surface area contributed by atoms with Crippen LogP contribution in [-0.4, -0.2) is 26.0 Å². The van der Waals surface area contributed by atoms with Gasteiger partial charge in [0.25, 0.3) is 0 Å². The fourth-order valence-electron chi connectivity index (χ4n) is 1.77. The zero-order valence-electron chi connectivity index (χ0n) is 9.47. The van der Waals surface area contributed by atoms with Crippen molar-refractivity contribution in [3.63, 3.8) is 0 Å². The summed E-state index contributed by atoms with van der Waals surface area (Å²) in [4.78, 5) is 29.6. The van der Waals surface area contributed by atoms with Gasteiger partial charge in [0.2, 0.25) is 0 Å². The van der Waals surface area contributed by atoms with Gasteiger partial charge in [-0.2, -0.15) is 0 Å². The predicted molar refractivity (Wildman–Crippen MR) is 56.7 cm³/mol. The third-order valence-corrected chi connectivity index (χ3v) is 4.49. The van der Waals surface area contributed by atoms with Crippen LogP contribution < -0.4 is 0 Å². The molecule has 0 saturated heterocycles. The van der Waals surface area contributed by atoms with E-state index in [1.54, 1.807) is 13.8 Å². The highest BCUT2D eigenvalue weighted by molar-refractivity contribution is 7.54. The van der Waals surface area contributed by atoms with Crippen LogP contribution in [0.1, 0.15) is 34.1 Å². The number of rotatable bonds is 5. The molecule has 5 nitrogen and oxygen atoms in total. The molecule has 0 amide bonds. The van der Waals surface area contributed by atoms with Gasteiger partial charge in [0.15, 0.2) is 5.16 Å². The molecule has 0 saturated carbocycles. The fraction of sp³-hybridized carbons (Fsp3) is 0.889. The third-order valence-electron chi connectivity index (χ3n) is 2.56. The number of carboxylic acid groups (broad SMARTS) is 1. The quantitative estimate of drug-likeness (QED) is 0.633. The van der Waals surface area contributed by atoms with E-state index in [0.29, 0.717) is 0 Å². The van der Waals surface area contributed by atoms with E-state index in [1.165, 1.54) is 13.8 Å². The first kappa shape index (κ1) is 14.6. The summed E-state index contributed by atoms with van der Waals surface area (Å²) in [7, 11) is -4.67. The summed E-state index contributed by atoms with van der Waals surface area (Å²) in [6, 6.07) is 0. The van der Waals surface area contributed by atoms with E-state index in [4.69, 9.17) is 5.11 Å². The molecule has 90 valence electrons. The average molecular weight is 238 g/mol. The van der Waals surface area contributed by atoms with E-state index in [1.807, 2.05) is 0 Å². The highest BCUT2D eigenvalue weighted by Crippen LogP contribution is 2.57. The van der Waals surface area contributed by atoms with Gasteiger partial charge in [-0.05, 0) is 18.3 Å². The lowest BCUT2D eigenvalue weighted by molar-refractivity contribution is -0.142. The molecule has 0 aliphatic carbocycles. The van der Waals surface area contributed by atoms with Crippen molar-refractivity contribution in [1.82, 2.24) is 0 Å². The van der Waals surface area contributed by atoms with Crippen molar-refractivity contribution >= 4 is 13.6 Å². The molecular weight excluding hydrogens is 219 g/mol. The molecule has 1 unspecified atom stereocenters. The normalized spacial score (nSPS) is 16.8. The van der Waals surface area contributed by atoms with Crippen LogP contribution >= 0.6 is 7.60 Å². The van der Waals surface area contributed by atoms with Gasteiger partial charge in [0, 0.05) is 0 Å². The summed E-state index contributed by atoms with van der Waals surface area (Å²) in [6.07, 6.45) is -0.0235. The number of carbonyl (C=O) groups is 1. The van der Waals surface area contributed by atoms with Gasteiger partial charge < -0.3 is 14.9 Å². The Bertz CT molecular complexity index is 280. The zero-order valence-corrected chi connectivity index (χ0v) is 10.4. The number of aliphatic carboxylic acids is 1. The Morgan fingerprint density at radius 3 is 1.73 bits per heavy atom. The van der Waals surface area contributed by atoms with Gasteiger partial charge in [0.1, 0.15) is 0 Å². The highest BCUT2D eigenvalue weighted by atomic mass is 31.2. The van der Waals surface area contributed by atoms with E-state index in [2.05, 4.69) is 0 Å². The first-order chi connectivity index (χ1) is 6.55. The van der Waals surface area contributed by atoms with Crippen LogP contribution in [0.25, 0.3) is 0 Å². The molecule has 0 aliphatic heterocycles. The second-order valence-corrected chi connectivity index (χ2v) is 6.41. The molecule has 3 N–H and O–H groups in total. The van der Waals surface area contributed by atoms with Crippen LogP contribution in [0.5, 0.6) is 0 Å². The van der Waals surface area contributed by atoms with E-state index >= 15 is 0 Å². The Morgan fingerprint density at radius 1 is 1.27 bits per heavy atom. The summed E-state index contributed by atoms with van der Waals surface area (Å²) in [6.45, 7) is 6.54. The summed E-state index contributed by atoms with van der Waals surface area (Å²) < 4.78 is 11.4. The number of hydrogen-bond donors (Lipinski definition) is 3. The van der Waals surface area contributed by atoms with E-state index < -0.39 is 24.6 Å². The maximum Gasteiger partial charge on any atom is 0.343 e. The summed E-state index contributed by atoms with van der Waals surface area (Å²) >= 11 is 0. The molecule has 1 atom stereocenters. The predicted octanol–water partition coefficient (Wildman–Crippen LogP) is 1.69. The summed E-state index contributed by atoms with van der Waals surface area (Å²) in [5.41, 5.74) is 0. The Labute approximate surface area is 89.7 Å². The Balaban J connectivity index is 5.50. The van der Waals surface area contributed by atoms with E-state index in [0.717, 1.165) is 0 Å². The lowest BCUT2D eigenvalue weighted by atomic mass is 9.86. The molecule has 0 radical (unpaired) electrons. The fourth-order valence-corrected chi connectivity index (χ4v) is 3.30. The molecule has 0 fully saturated rings. The minimum absolute atomic E-state index is 0.0235. The van der Waals surface area contributed by atoms with Crippen LogP contribution in [0.3, 0.4) is 0 Å². The Kier molecular flexibility index (Phi) is 4.52. The van der Waals surface area contributed by atoms with Gasteiger partial charge in [-0.25, -0.2) is 0 Å². The van der Waals surface area contributed by atoms with Crippen LogP contribution in [0.15, 0.2) is 0 Å². The molecule has 0 aromatic heterocycles. The molecule has 0 rings (SSSR count). The molecule has 0 spiro atoms. The van der Waals surface area contributed by atoms with Crippen LogP contribution in [0.2, 0.25) is 0 Å². The maximum atomic E-state index is 11.4. The zero-order chi connectivity index (χ0) is 12.4. The van der Waals surface area contributed by atoms with Crippen LogP contribution in [0, 0.1) is 11.8 Å². The maximum absolute atomic E-state index is 11.4. The summed E-state index contributed by atoms with van der Waals surface area (Å²) in [5, 5.41) is 7.13. The molecule has 0 aliphatic rings. The second kappa shape index (κ2) is 4.64. The molecule has 0 heterocycles. The van der Waals surface area contributed by atoms with Gasteiger partial charge in [-0.3, -0.25) is 9.36 Å². The van der Waals surface area contributed by atoms with Crippen molar-refractivity contribution < 1.29 is 24.3 Å². The molecule has 0 aromatic carbocycles.